The second-order valence-corrected chi connectivity index (χ2v) is 5.00. The molecule has 0 heterocycles. The Morgan fingerprint density at radius 2 is 1.92 bits per heavy atom. The fraction of sp³-hybridized carbons (Fsp3) is 1.00. The van der Waals surface area contributed by atoms with E-state index < -0.39 is 0 Å². The number of rotatable bonds is 6. The van der Waals surface area contributed by atoms with Gasteiger partial charge >= 0.3 is 0 Å². The summed E-state index contributed by atoms with van der Waals surface area (Å²) >= 11 is 1.84. The van der Waals surface area contributed by atoms with Gasteiger partial charge < -0.3 is 10.4 Å². The van der Waals surface area contributed by atoms with Gasteiger partial charge in [-0.3, -0.25) is 0 Å². The predicted octanol–water partition coefficient (Wildman–Crippen LogP) is 1.49. The first-order valence-electron chi connectivity index (χ1n) is 4.61. The highest BCUT2D eigenvalue weighted by Gasteiger charge is 2.13. The Labute approximate surface area is 80.1 Å². The Bertz CT molecular complexity index is 111. The molecule has 2 nitrogen and oxygen atoms in total. The van der Waals surface area contributed by atoms with E-state index in [9.17, 15) is 0 Å². The van der Waals surface area contributed by atoms with Crippen molar-refractivity contribution in [2.24, 2.45) is 0 Å². The number of hydrogen-bond donors (Lipinski definition) is 2. The van der Waals surface area contributed by atoms with Gasteiger partial charge in [0.2, 0.25) is 0 Å². The van der Waals surface area contributed by atoms with Crippen molar-refractivity contribution in [2.45, 2.75) is 44.2 Å². The van der Waals surface area contributed by atoms with Crippen LogP contribution in [0, 0.1) is 0 Å². The Morgan fingerprint density at radius 1 is 1.33 bits per heavy atom. The molecule has 2 N–H and O–H groups in total. The molecular formula is C9H21NOS. The summed E-state index contributed by atoms with van der Waals surface area (Å²) in [5.74, 6) is 0. The number of thioether (sulfide) groups is 1. The minimum absolute atomic E-state index is 0.272. The van der Waals surface area contributed by atoms with E-state index in [4.69, 9.17) is 5.11 Å². The molecule has 0 aromatic carbocycles. The maximum absolute atomic E-state index is 8.85. The maximum atomic E-state index is 8.85. The normalized spacial score (nSPS) is 18.8. The quantitative estimate of drug-likeness (QED) is 0.667. The van der Waals surface area contributed by atoms with Crippen molar-refractivity contribution < 1.29 is 5.11 Å². The van der Waals surface area contributed by atoms with Gasteiger partial charge in [-0.25, -0.2) is 0 Å². The van der Waals surface area contributed by atoms with Crippen LogP contribution in [0.4, 0.5) is 0 Å². The average Bonchev–Trinajstić information content (AvgIpc) is 2.04. The summed E-state index contributed by atoms with van der Waals surface area (Å²) in [5.41, 5.74) is 0. The van der Waals surface area contributed by atoms with Crippen LogP contribution in [-0.2, 0) is 0 Å². The van der Waals surface area contributed by atoms with Crippen molar-refractivity contribution in [3.8, 4) is 0 Å². The molecule has 0 saturated heterocycles. The van der Waals surface area contributed by atoms with Crippen LogP contribution in [0.15, 0.2) is 0 Å². The van der Waals surface area contributed by atoms with Gasteiger partial charge in [-0.05, 0) is 13.5 Å². The van der Waals surface area contributed by atoms with Crippen LogP contribution in [0.25, 0.3) is 0 Å². The van der Waals surface area contributed by atoms with Crippen molar-refractivity contribution in [1.29, 1.82) is 0 Å². The van der Waals surface area contributed by atoms with E-state index in [1.807, 2.05) is 11.8 Å². The van der Waals surface area contributed by atoms with E-state index in [1.165, 1.54) is 0 Å². The zero-order valence-corrected chi connectivity index (χ0v) is 9.32. The molecule has 12 heavy (non-hydrogen) atoms. The molecule has 0 aliphatic rings. The Balaban J connectivity index is 3.62. The smallest absolute Gasteiger partial charge is 0.0547 e. The molecule has 3 heteroatoms. The summed E-state index contributed by atoms with van der Waals surface area (Å²) in [6.07, 6.45) is 0. The molecule has 0 spiro atoms. The molecule has 0 radical (unpaired) electrons. The summed E-state index contributed by atoms with van der Waals surface area (Å²) in [6.45, 7) is 9.84. The largest absolute Gasteiger partial charge is 0.395 e. The molecule has 0 fully saturated rings. The van der Waals surface area contributed by atoms with E-state index in [-0.39, 0.29) is 6.61 Å². The molecule has 0 saturated carbocycles. The van der Waals surface area contributed by atoms with Gasteiger partial charge in [0, 0.05) is 16.5 Å². The van der Waals surface area contributed by atoms with Crippen LogP contribution < -0.4 is 5.32 Å². The van der Waals surface area contributed by atoms with Gasteiger partial charge in [-0.2, -0.15) is 11.8 Å². The van der Waals surface area contributed by atoms with Crippen LogP contribution in [0.2, 0.25) is 0 Å². The zero-order chi connectivity index (χ0) is 9.56. The highest BCUT2D eigenvalue weighted by atomic mass is 32.2. The highest BCUT2D eigenvalue weighted by molar-refractivity contribution is 8.00. The summed E-state index contributed by atoms with van der Waals surface area (Å²) in [7, 11) is 0. The molecule has 74 valence electrons. The third-order valence-corrected chi connectivity index (χ3v) is 3.39. The lowest BCUT2D eigenvalue weighted by Crippen LogP contribution is -2.34. The average molecular weight is 191 g/mol. The second-order valence-electron chi connectivity index (χ2n) is 3.18. The second kappa shape index (κ2) is 6.75. The first-order chi connectivity index (χ1) is 5.61. The molecule has 0 aromatic rings. The van der Waals surface area contributed by atoms with Crippen LogP contribution in [0.5, 0.6) is 0 Å². The fourth-order valence-corrected chi connectivity index (χ4v) is 2.17. The fourth-order valence-electron chi connectivity index (χ4n) is 1.02. The zero-order valence-electron chi connectivity index (χ0n) is 8.50. The Kier molecular flexibility index (Phi) is 6.90. The lowest BCUT2D eigenvalue weighted by Gasteiger charge is -2.22. The molecule has 0 aromatic heterocycles. The van der Waals surface area contributed by atoms with Crippen molar-refractivity contribution in [3.05, 3.63) is 0 Å². The lowest BCUT2D eigenvalue weighted by atomic mass is 10.2. The van der Waals surface area contributed by atoms with Gasteiger partial charge in [0.25, 0.3) is 0 Å². The van der Waals surface area contributed by atoms with Gasteiger partial charge in [0.15, 0.2) is 0 Å². The summed E-state index contributed by atoms with van der Waals surface area (Å²) < 4.78 is 0. The maximum Gasteiger partial charge on any atom is 0.0547 e. The number of nitrogens with one attached hydrogen (secondary N) is 1. The molecule has 0 aliphatic carbocycles. The van der Waals surface area contributed by atoms with Gasteiger partial charge in [-0.1, -0.05) is 20.8 Å². The van der Waals surface area contributed by atoms with Crippen LogP contribution in [0.1, 0.15) is 27.7 Å². The van der Waals surface area contributed by atoms with Crippen molar-refractivity contribution >= 4 is 11.8 Å². The van der Waals surface area contributed by atoms with Crippen LogP contribution in [0.3, 0.4) is 0 Å². The number of hydrogen-bond acceptors (Lipinski definition) is 3. The van der Waals surface area contributed by atoms with Crippen LogP contribution in [-0.4, -0.2) is 34.8 Å². The van der Waals surface area contributed by atoms with Crippen LogP contribution >= 0.6 is 11.8 Å². The summed E-state index contributed by atoms with van der Waals surface area (Å²) in [6, 6.07) is 0.522. The standard InChI is InChI=1S/C9H21NOS/c1-5-10-8(3)9(4)12-7(2)6-11/h7-11H,5-6H2,1-4H3. The monoisotopic (exact) mass is 191 g/mol. The summed E-state index contributed by atoms with van der Waals surface area (Å²) in [4.78, 5) is 0. The summed E-state index contributed by atoms with van der Waals surface area (Å²) in [5, 5.41) is 13.1. The van der Waals surface area contributed by atoms with Gasteiger partial charge in [0.1, 0.15) is 0 Å². The third-order valence-electron chi connectivity index (χ3n) is 1.93. The Morgan fingerprint density at radius 3 is 2.33 bits per heavy atom. The van der Waals surface area contributed by atoms with E-state index in [0.29, 0.717) is 16.5 Å². The van der Waals surface area contributed by atoms with Crippen molar-refractivity contribution in [1.82, 2.24) is 5.32 Å². The minimum atomic E-state index is 0.272. The van der Waals surface area contributed by atoms with E-state index >= 15 is 0 Å². The molecule has 0 amide bonds. The van der Waals surface area contributed by atoms with Crippen molar-refractivity contribution in [2.75, 3.05) is 13.2 Å². The topological polar surface area (TPSA) is 32.3 Å². The number of aliphatic hydroxyl groups excluding tert-OH is 1. The first kappa shape index (κ1) is 12.3. The molecule has 0 aliphatic heterocycles. The molecule has 0 rings (SSSR count). The third kappa shape index (κ3) is 5.01. The van der Waals surface area contributed by atoms with E-state index in [2.05, 4.69) is 33.0 Å². The number of aliphatic hydroxyl groups is 1. The van der Waals surface area contributed by atoms with Gasteiger partial charge in [-0.15, -0.1) is 0 Å². The van der Waals surface area contributed by atoms with Crippen molar-refractivity contribution in [3.63, 3.8) is 0 Å². The molecular weight excluding hydrogens is 170 g/mol. The molecule has 3 atom stereocenters. The van der Waals surface area contributed by atoms with E-state index in [0.717, 1.165) is 6.54 Å². The lowest BCUT2D eigenvalue weighted by molar-refractivity contribution is 0.299. The minimum Gasteiger partial charge on any atom is -0.395 e. The Hall–Kier alpha value is 0.270. The first-order valence-corrected chi connectivity index (χ1v) is 5.55. The van der Waals surface area contributed by atoms with Gasteiger partial charge in [0.05, 0.1) is 6.61 Å². The highest BCUT2D eigenvalue weighted by Crippen LogP contribution is 2.19. The predicted molar refractivity (Wildman–Crippen MR) is 56.7 cm³/mol. The molecule has 3 unspecified atom stereocenters. The van der Waals surface area contributed by atoms with E-state index in [1.54, 1.807) is 0 Å². The SMILES string of the molecule is CCNC(C)C(C)SC(C)CO. The molecule has 0 bridgehead atoms.